The van der Waals surface area contributed by atoms with Gasteiger partial charge < -0.3 is 5.32 Å². The number of hydrogen-bond donors (Lipinski definition) is 2. The highest BCUT2D eigenvalue weighted by Gasteiger charge is 2.25. The van der Waals surface area contributed by atoms with Gasteiger partial charge in [0.25, 0.3) is 5.56 Å². The molecule has 2 aromatic heterocycles. The summed E-state index contributed by atoms with van der Waals surface area (Å²) in [5.41, 5.74) is 2.19. The first-order chi connectivity index (χ1) is 11.1. The first-order valence-corrected chi connectivity index (χ1v) is 8.04. The van der Waals surface area contributed by atoms with Crippen LogP contribution < -0.4 is 10.9 Å². The van der Waals surface area contributed by atoms with E-state index < -0.39 is 5.41 Å². The van der Waals surface area contributed by atoms with E-state index >= 15 is 0 Å². The fourth-order valence-corrected chi connectivity index (χ4v) is 2.31. The highest BCUT2D eigenvalue weighted by molar-refractivity contribution is 5.94. The Bertz CT molecular complexity index is 840. The third kappa shape index (κ3) is 3.25. The van der Waals surface area contributed by atoms with Crippen LogP contribution in [0.1, 0.15) is 50.2 Å². The van der Waals surface area contributed by atoms with Gasteiger partial charge in [0.15, 0.2) is 0 Å². The van der Waals surface area contributed by atoms with Gasteiger partial charge in [0.05, 0.1) is 5.69 Å². The van der Waals surface area contributed by atoms with E-state index in [4.69, 9.17) is 0 Å². The largest absolute Gasteiger partial charge is 0.310 e. The lowest BCUT2D eigenvalue weighted by Crippen LogP contribution is -2.29. The topological polar surface area (TPSA) is 92.7 Å². The van der Waals surface area contributed by atoms with Crippen LogP contribution in [0.5, 0.6) is 0 Å². The highest BCUT2D eigenvalue weighted by atomic mass is 16.2. The smallest absolute Gasteiger partial charge is 0.255 e. The summed E-state index contributed by atoms with van der Waals surface area (Å²) in [6.45, 7) is 13.0. The monoisotopic (exact) mass is 331 g/mol. The second-order valence-electron chi connectivity index (χ2n) is 6.98. The van der Waals surface area contributed by atoms with Crippen molar-refractivity contribution in [2.45, 2.75) is 54.9 Å². The number of H-pyrrole nitrogens is 1. The predicted molar refractivity (Wildman–Crippen MR) is 93.7 cm³/mol. The lowest BCUT2D eigenvalue weighted by atomic mass is 9.96. The van der Waals surface area contributed by atoms with Crippen LogP contribution in [0.15, 0.2) is 4.79 Å². The molecule has 24 heavy (non-hydrogen) atoms. The molecule has 2 aromatic rings. The maximum Gasteiger partial charge on any atom is 0.255 e. The first kappa shape index (κ1) is 17.9. The van der Waals surface area contributed by atoms with Gasteiger partial charge in [0.2, 0.25) is 11.9 Å². The molecule has 1 amide bonds. The fraction of sp³-hybridized carbons (Fsp3) is 0.529. The van der Waals surface area contributed by atoms with E-state index in [2.05, 4.69) is 20.4 Å². The molecule has 0 atom stereocenters. The normalized spacial score (nSPS) is 11.6. The molecule has 0 spiro atoms. The molecule has 0 radical (unpaired) electrons. The zero-order chi connectivity index (χ0) is 18.2. The van der Waals surface area contributed by atoms with Crippen LogP contribution in [-0.4, -0.2) is 25.7 Å². The molecule has 0 aliphatic rings. The number of nitrogens with one attached hydrogen (secondary N) is 2. The van der Waals surface area contributed by atoms with Gasteiger partial charge in [-0.1, -0.05) is 27.7 Å². The zero-order valence-corrected chi connectivity index (χ0v) is 15.4. The number of aryl methyl sites for hydroxylation is 2. The fourth-order valence-electron chi connectivity index (χ4n) is 2.31. The Morgan fingerprint density at radius 3 is 2.33 bits per heavy atom. The van der Waals surface area contributed by atoms with Crippen molar-refractivity contribution in [1.82, 2.24) is 19.7 Å². The molecular weight excluding hydrogens is 306 g/mol. The average Bonchev–Trinajstić information content (AvgIpc) is 2.74. The van der Waals surface area contributed by atoms with E-state index in [1.165, 1.54) is 4.68 Å². The summed E-state index contributed by atoms with van der Waals surface area (Å²) in [4.78, 5) is 31.8. The maximum atomic E-state index is 12.4. The molecule has 0 aromatic carbocycles. The van der Waals surface area contributed by atoms with Crippen molar-refractivity contribution in [2.24, 2.45) is 5.41 Å². The standard InChI is InChI=1S/C17H25N5O2/c1-8-12-11(4)18-16(20-14(12)23)22-13(9(2)10(3)21-22)19-15(24)17(5,6)7/h8H2,1-7H3,(H,19,24)(H,18,20,23). The van der Waals surface area contributed by atoms with Crippen LogP contribution in [-0.2, 0) is 11.2 Å². The number of aromatic amines is 1. The van der Waals surface area contributed by atoms with Crippen molar-refractivity contribution >= 4 is 11.7 Å². The number of carbonyl (C=O) groups is 1. The zero-order valence-electron chi connectivity index (χ0n) is 15.4. The minimum absolute atomic E-state index is 0.129. The Kier molecular flexibility index (Phi) is 4.64. The summed E-state index contributed by atoms with van der Waals surface area (Å²) in [7, 11) is 0. The van der Waals surface area contributed by atoms with Crippen LogP contribution in [0.3, 0.4) is 0 Å². The third-order valence-electron chi connectivity index (χ3n) is 4.04. The minimum atomic E-state index is -0.543. The summed E-state index contributed by atoms with van der Waals surface area (Å²) in [6, 6.07) is 0. The molecule has 0 saturated carbocycles. The quantitative estimate of drug-likeness (QED) is 0.903. The molecule has 130 valence electrons. The second-order valence-corrected chi connectivity index (χ2v) is 6.98. The van der Waals surface area contributed by atoms with Gasteiger partial charge in [-0.25, -0.2) is 4.98 Å². The second kappa shape index (κ2) is 6.22. The molecule has 0 aliphatic heterocycles. The van der Waals surface area contributed by atoms with Gasteiger partial charge in [-0.2, -0.15) is 9.78 Å². The van der Waals surface area contributed by atoms with E-state index in [9.17, 15) is 9.59 Å². The molecule has 0 saturated heterocycles. The average molecular weight is 331 g/mol. The van der Waals surface area contributed by atoms with Gasteiger partial charge in [0, 0.05) is 22.2 Å². The molecule has 0 unspecified atom stereocenters. The van der Waals surface area contributed by atoms with Crippen molar-refractivity contribution in [3.63, 3.8) is 0 Å². The van der Waals surface area contributed by atoms with Crippen molar-refractivity contribution in [2.75, 3.05) is 5.32 Å². The van der Waals surface area contributed by atoms with Crippen LogP contribution in [0.2, 0.25) is 0 Å². The van der Waals surface area contributed by atoms with Crippen LogP contribution in [0.25, 0.3) is 5.95 Å². The number of rotatable bonds is 3. The Balaban J connectivity index is 2.58. The van der Waals surface area contributed by atoms with Gasteiger partial charge >= 0.3 is 0 Å². The van der Waals surface area contributed by atoms with Crippen molar-refractivity contribution < 1.29 is 4.79 Å². The van der Waals surface area contributed by atoms with Gasteiger partial charge in [-0.15, -0.1) is 0 Å². The van der Waals surface area contributed by atoms with Gasteiger partial charge in [-0.05, 0) is 27.2 Å². The van der Waals surface area contributed by atoms with Crippen molar-refractivity contribution in [3.8, 4) is 5.95 Å². The number of nitrogens with zero attached hydrogens (tertiary/aromatic N) is 3. The molecule has 7 nitrogen and oxygen atoms in total. The molecule has 2 N–H and O–H groups in total. The van der Waals surface area contributed by atoms with E-state index in [1.807, 2.05) is 41.5 Å². The maximum absolute atomic E-state index is 12.4. The summed E-state index contributed by atoms with van der Waals surface area (Å²) in [6.07, 6.45) is 0.610. The first-order valence-electron chi connectivity index (χ1n) is 8.04. The molecular formula is C17H25N5O2. The van der Waals surface area contributed by atoms with E-state index in [0.29, 0.717) is 29.4 Å². The molecule has 0 bridgehead atoms. The van der Waals surface area contributed by atoms with E-state index in [-0.39, 0.29) is 11.5 Å². The lowest BCUT2D eigenvalue weighted by molar-refractivity contribution is -0.123. The van der Waals surface area contributed by atoms with Crippen LogP contribution in [0, 0.1) is 26.2 Å². The minimum Gasteiger partial charge on any atom is -0.310 e. The number of carbonyl (C=O) groups excluding carboxylic acids is 1. The molecule has 0 aliphatic carbocycles. The third-order valence-corrected chi connectivity index (χ3v) is 4.04. The summed E-state index contributed by atoms with van der Waals surface area (Å²) in [5, 5.41) is 7.33. The van der Waals surface area contributed by atoms with Crippen molar-refractivity contribution in [1.29, 1.82) is 0 Å². The van der Waals surface area contributed by atoms with E-state index in [1.54, 1.807) is 6.92 Å². The summed E-state index contributed by atoms with van der Waals surface area (Å²) in [5.74, 6) is 0.699. The highest BCUT2D eigenvalue weighted by Crippen LogP contribution is 2.24. The Morgan fingerprint density at radius 2 is 1.83 bits per heavy atom. The molecule has 7 heteroatoms. The number of anilines is 1. The number of aromatic nitrogens is 4. The van der Waals surface area contributed by atoms with Gasteiger partial charge in [-0.3, -0.25) is 14.6 Å². The Morgan fingerprint density at radius 1 is 1.21 bits per heavy atom. The summed E-state index contributed by atoms with van der Waals surface area (Å²) >= 11 is 0. The van der Waals surface area contributed by atoms with Crippen molar-refractivity contribution in [3.05, 3.63) is 32.9 Å². The lowest BCUT2D eigenvalue weighted by Gasteiger charge is -2.18. The molecule has 2 rings (SSSR count). The number of hydrogen-bond acceptors (Lipinski definition) is 4. The number of amides is 1. The summed E-state index contributed by atoms with van der Waals surface area (Å²) < 4.78 is 1.49. The molecule has 2 heterocycles. The Labute approximate surface area is 141 Å². The molecule has 0 fully saturated rings. The van der Waals surface area contributed by atoms with E-state index in [0.717, 1.165) is 11.3 Å². The Hall–Kier alpha value is -2.44. The SMILES string of the molecule is CCc1c(C)nc(-n2nc(C)c(C)c2NC(=O)C(C)(C)C)[nH]c1=O. The van der Waals surface area contributed by atoms with Crippen LogP contribution in [0.4, 0.5) is 5.82 Å². The van der Waals surface area contributed by atoms with Gasteiger partial charge in [0.1, 0.15) is 5.82 Å². The predicted octanol–water partition coefficient (Wildman–Crippen LogP) is 2.43. The van der Waals surface area contributed by atoms with Crippen LogP contribution >= 0.6 is 0 Å².